The SMILES string of the molecule is CC(C)n1ccc([C@H]2[C@@H](c3ccccn3)NC(=S)N2c2ccc(Cl)cc2)c1. The second-order valence-electron chi connectivity index (χ2n) is 6.96. The van der Waals surface area contributed by atoms with E-state index in [0.717, 1.165) is 11.4 Å². The Morgan fingerprint density at radius 3 is 2.52 bits per heavy atom. The molecule has 1 aliphatic heterocycles. The predicted octanol–water partition coefficient (Wildman–Crippen LogP) is 5.29. The summed E-state index contributed by atoms with van der Waals surface area (Å²) < 4.78 is 2.21. The molecule has 1 N–H and O–H groups in total. The Bertz CT molecular complexity index is 936. The van der Waals surface area contributed by atoms with Crippen molar-refractivity contribution in [2.75, 3.05) is 4.90 Å². The molecule has 0 spiro atoms. The third-order valence-electron chi connectivity index (χ3n) is 4.88. The van der Waals surface area contributed by atoms with Gasteiger partial charge in [0.05, 0.1) is 17.8 Å². The van der Waals surface area contributed by atoms with E-state index in [2.05, 4.69) is 52.1 Å². The molecule has 4 nitrogen and oxygen atoms in total. The minimum absolute atomic E-state index is 0.00794. The van der Waals surface area contributed by atoms with Gasteiger partial charge in [-0.05, 0) is 74.1 Å². The van der Waals surface area contributed by atoms with Crippen molar-refractivity contribution in [2.24, 2.45) is 0 Å². The highest BCUT2D eigenvalue weighted by molar-refractivity contribution is 7.80. The van der Waals surface area contributed by atoms with E-state index in [1.807, 2.05) is 48.7 Å². The number of hydrogen-bond donors (Lipinski definition) is 1. The summed E-state index contributed by atoms with van der Waals surface area (Å²) in [6.07, 6.45) is 6.14. The highest BCUT2D eigenvalue weighted by Gasteiger charge is 2.41. The zero-order valence-corrected chi connectivity index (χ0v) is 16.8. The molecule has 0 radical (unpaired) electrons. The molecular formula is C21H21ClN4S. The molecule has 27 heavy (non-hydrogen) atoms. The molecule has 1 aromatic carbocycles. The number of thiocarbonyl (C=S) groups is 1. The minimum atomic E-state index is -0.0302. The lowest BCUT2D eigenvalue weighted by Crippen LogP contribution is -2.29. The quantitative estimate of drug-likeness (QED) is 0.607. The van der Waals surface area contributed by atoms with Crippen molar-refractivity contribution in [3.63, 3.8) is 0 Å². The number of nitrogens with one attached hydrogen (secondary N) is 1. The molecule has 3 heterocycles. The fourth-order valence-corrected chi connectivity index (χ4v) is 3.97. The predicted molar refractivity (Wildman–Crippen MR) is 114 cm³/mol. The highest BCUT2D eigenvalue weighted by atomic mass is 35.5. The summed E-state index contributed by atoms with van der Waals surface area (Å²) in [6, 6.07) is 16.3. The van der Waals surface area contributed by atoms with Gasteiger partial charge in [0, 0.05) is 35.3 Å². The topological polar surface area (TPSA) is 33.1 Å². The lowest BCUT2D eigenvalue weighted by molar-refractivity contribution is 0.560. The summed E-state index contributed by atoms with van der Waals surface area (Å²) in [6.45, 7) is 4.35. The Kier molecular flexibility index (Phi) is 4.89. The standard InChI is InChI=1S/C21H21ClN4S/c1-14(2)25-12-10-15(13-25)20-19(18-5-3-4-11-23-18)24-21(27)26(20)17-8-6-16(22)7-9-17/h3-14,19-20H,1-2H3,(H,24,27)/t19-,20+/m1/s1. The van der Waals surface area contributed by atoms with Crippen LogP contribution in [0, 0.1) is 0 Å². The van der Waals surface area contributed by atoms with Crippen LogP contribution in [0.25, 0.3) is 0 Å². The summed E-state index contributed by atoms with van der Waals surface area (Å²) in [4.78, 5) is 6.74. The smallest absolute Gasteiger partial charge is 0.174 e. The maximum atomic E-state index is 6.09. The van der Waals surface area contributed by atoms with Gasteiger partial charge in [-0.15, -0.1) is 0 Å². The summed E-state index contributed by atoms with van der Waals surface area (Å²) >= 11 is 11.8. The third-order valence-corrected chi connectivity index (χ3v) is 5.44. The molecule has 3 aromatic rings. The van der Waals surface area contributed by atoms with E-state index in [4.69, 9.17) is 23.8 Å². The monoisotopic (exact) mass is 396 g/mol. The van der Waals surface area contributed by atoms with Crippen molar-refractivity contribution in [3.8, 4) is 0 Å². The Morgan fingerprint density at radius 2 is 1.89 bits per heavy atom. The van der Waals surface area contributed by atoms with Crippen LogP contribution in [0.2, 0.25) is 5.02 Å². The molecule has 4 rings (SSSR count). The van der Waals surface area contributed by atoms with Crippen molar-refractivity contribution in [1.82, 2.24) is 14.9 Å². The molecule has 1 saturated heterocycles. The number of aromatic nitrogens is 2. The van der Waals surface area contributed by atoms with Crippen molar-refractivity contribution >= 4 is 34.6 Å². The van der Waals surface area contributed by atoms with Gasteiger partial charge in [0.15, 0.2) is 5.11 Å². The van der Waals surface area contributed by atoms with Gasteiger partial charge in [-0.25, -0.2) is 0 Å². The van der Waals surface area contributed by atoms with E-state index in [1.165, 1.54) is 5.56 Å². The van der Waals surface area contributed by atoms with Crippen LogP contribution in [-0.4, -0.2) is 14.7 Å². The summed E-state index contributed by atoms with van der Waals surface area (Å²) in [7, 11) is 0. The fourth-order valence-electron chi connectivity index (χ4n) is 3.50. The Labute approximate surface area is 169 Å². The van der Waals surface area contributed by atoms with Gasteiger partial charge in [0.2, 0.25) is 0 Å². The fraction of sp³-hybridized carbons (Fsp3) is 0.238. The maximum Gasteiger partial charge on any atom is 0.174 e. The van der Waals surface area contributed by atoms with Crippen molar-refractivity contribution in [3.05, 3.63) is 83.4 Å². The molecule has 2 aromatic heterocycles. The summed E-state index contributed by atoms with van der Waals surface area (Å²) in [5.41, 5.74) is 3.18. The van der Waals surface area contributed by atoms with E-state index >= 15 is 0 Å². The van der Waals surface area contributed by atoms with Crippen molar-refractivity contribution in [2.45, 2.75) is 32.0 Å². The van der Waals surface area contributed by atoms with Gasteiger partial charge >= 0.3 is 0 Å². The van der Waals surface area contributed by atoms with E-state index in [9.17, 15) is 0 Å². The van der Waals surface area contributed by atoms with Gasteiger partial charge in [-0.3, -0.25) is 4.98 Å². The molecule has 1 fully saturated rings. The summed E-state index contributed by atoms with van der Waals surface area (Å²) in [5, 5.41) is 4.87. The average Bonchev–Trinajstić information content (AvgIpc) is 3.28. The van der Waals surface area contributed by atoms with Gasteiger partial charge in [-0.1, -0.05) is 17.7 Å². The van der Waals surface area contributed by atoms with Crippen molar-refractivity contribution < 1.29 is 0 Å². The van der Waals surface area contributed by atoms with Crippen molar-refractivity contribution in [1.29, 1.82) is 0 Å². The molecule has 0 aliphatic carbocycles. The summed E-state index contributed by atoms with van der Waals surface area (Å²) in [5.74, 6) is 0. The molecule has 2 atom stereocenters. The molecule has 6 heteroatoms. The second-order valence-corrected chi connectivity index (χ2v) is 7.78. The van der Waals surface area contributed by atoms with Gasteiger partial charge in [0.1, 0.15) is 0 Å². The Hall–Kier alpha value is -2.37. The normalized spacial score (nSPS) is 19.6. The average molecular weight is 397 g/mol. The van der Waals surface area contributed by atoms with E-state index < -0.39 is 0 Å². The number of benzene rings is 1. The van der Waals surface area contributed by atoms with Crippen LogP contribution < -0.4 is 10.2 Å². The first-order chi connectivity index (χ1) is 13.0. The van der Waals surface area contributed by atoms with E-state index in [0.29, 0.717) is 16.2 Å². The van der Waals surface area contributed by atoms with Gasteiger partial charge in [0.25, 0.3) is 0 Å². The number of anilines is 1. The van der Waals surface area contributed by atoms with Crippen LogP contribution in [0.3, 0.4) is 0 Å². The molecular weight excluding hydrogens is 376 g/mol. The van der Waals surface area contributed by atoms with Crippen LogP contribution in [0.15, 0.2) is 67.1 Å². The van der Waals surface area contributed by atoms with Gasteiger partial charge in [-0.2, -0.15) is 0 Å². The third kappa shape index (κ3) is 3.45. The van der Waals surface area contributed by atoms with Crippen LogP contribution in [0.5, 0.6) is 0 Å². The Balaban J connectivity index is 1.81. The lowest BCUT2D eigenvalue weighted by Gasteiger charge is -2.27. The van der Waals surface area contributed by atoms with Crippen LogP contribution in [0.4, 0.5) is 5.69 Å². The lowest BCUT2D eigenvalue weighted by atomic mass is 9.98. The first-order valence-corrected chi connectivity index (χ1v) is 9.77. The maximum absolute atomic E-state index is 6.09. The first kappa shape index (κ1) is 18.0. The molecule has 1 aliphatic rings. The van der Waals surface area contributed by atoms with Crippen LogP contribution >= 0.6 is 23.8 Å². The minimum Gasteiger partial charge on any atom is -0.351 e. The van der Waals surface area contributed by atoms with E-state index in [-0.39, 0.29) is 12.1 Å². The Morgan fingerprint density at radius 1 is 1.11 bits per heavy atom. The zero-order chi connectivity index (χ0) is 19.0. The zero-order valence-electron chi connectivity index (χ0n) is 15.2. The number of rotatable bonds is 4. The first-order valence-electron chi connectivity index (χ1n) is 8.98. The van der Waals surface area contributed by atoms with Gasteiger partial charge < -0.3 is 14.8 Å². The second kappa shape index (κ2) is 7.33. The molecule has 0 amide bonds. The molecule has 138 valence electrons. The largest absolute Gasteiger partial charge is 0.351 e. The number of halogens is 1. The number of hydrogen-bond acceptors (Lipinski definition) is 2. The number of nitrogens with zero attached hydrogens (tertiary/aromatic N) is 3. The highest BCUT2D eigenvalue weighted by Crippen LogP contribution is 2.41. The van der Waals surface area contributed by atoms with Crippen LogP contribution in [0.1, 0.15) is 43.2 Å². The number of pyridine rings is 1. The molecule has 0 bridgehead atoms. The van der Waals surface area contributed by atoms with Crippen LogP contribution in [-0.2, 0) is 0 Å². The van der Waals surface area contributed by atoms with E-state index in [1.54, 1.807) is 0 Å². The molecule has 0 saturated carbocycles. The molecule has 0 unspecified atom stereocenters.